The van der Waals surface area contributed by atoms with Crippen LogP contribution in [0.3, 0.4) is 0 Å². The minimum Gasteiger partial charge on any atom is -0.355 e. The van der Waals surface area contributed by atoms with Crippen LogP contribution in [0.2, 0.25) is 5.02 Å². The van der Waals surface area contributed by atoms with E-state index in [4.69, 9.17) is 25.6 Å². The molecule has 0 spiro atoms. The molecule has 0 unspecified atom stereocenters. The number of hydrogen-bond acceptors (Lipinski definition) is 4. The third-order valence-electron chi connectivity index (χ3n) is 4.86. The second-order valence-electron chi connectivity index (χ2n) is 6.57. The van der Waals surface area contributed by atoms with Crippen LogP contribution in [0.1, 0.15) is 11.1 Å². The molecule has 0 bridgehead atoms. The highest BCUT2D eigenvalue weighted by Gasteiger charge is 2.41. The quantitative estimate of drug-likeness (QED) is 0.322. The number of ether oxygens (including phenoxy) is 2. The highest BCUT2D eigenvalue weighted by molar-refractivity contribution is 14.1. The predicted molar refractivity (Wildman–Crippen MR) is 116 cm³/mol. The first-order valence-corrected chi connectivity index (χ1v) is 10.3. The Morgan fingerprint density at radius 2 is 1.64 bits per heavy atom. The van der Waals surface area contributed by atoms with E-state index in [9.17, 15) is 0 Å². The van der Waals surface area contributed by atoms with E-state index < -0.39 is 5.79 Å². The van der Waals surface area contributed by atoms with Gasteiger partial charge in [-0.05, 0) is 59.0 Å². The summed E-state index contributed by atoms with van der Waals surface area (Å²) in [6.45, 7) is 1.04. The maximum Gasteiger partial charge on any atom is 0.222 e. The lowest BCUT2D eigenvalue weighted by Gasteiger charge is -2.28. The standard InChI is InChI=1S/C22H15ClINO3/c23-17-7-4-15(5-8-17)22(26-10-11-27-22)16-6-9-20-19(13-16)21(28-25-20)14-2-1-3-18(24)12-14/h1-9,12-13H,10-11H2. The van der Waals surface area contributed by atoms with Crippen LogP contribution in [-0.2, 0) is 15.3 Å². The molecule has 4 nitrogen and oxygen atoms in total. The Balaban J connectivity index is 1.68. The summed E-state index contributed by atoms with van der Waals surface area (Å²) in [7, 11) is 0. The van der Waals surface area contributed by atoms with Gasteiger partial charge in [0, 0.05) is 25.3 Å². The molecule has 2 heterocycles. The normalized spacial score (nSPS) is 15.9. The van der Waals surface area contributed by atoms with E-state index >= 15 is 0 Å². The smallest absolute Gasteiger partial charge is 0.222 e. The Bertz CT molecular complexity index is 1150. The first-order chi connectivity index (χ1) is 13.7. The lowest BCUT2D eigenvalue weighted by atomic mass is 9.95. The lowest BCUT2D eigenvalue weighted by molar-refractivity contribution is -0.129. The van der Waals surface area contributed by atoms with Gasteiger partial charge in [0.15, 0.2) is 5.76 Å². The van der Waals surface area contributed by atoms with E-state index in [-0.39, 0.29) is 0 Å². The van der Waals surface area contributed by atoms with Crippen LogP contribution in [0.25, 0.3) is 22.2 Å². The summed E-state index contributed by atoms with van der Waals surface area (Å²) in [6, 6.07) is 21.7. The predicted octanol–water partition coefficient (Wildman–Crippen LogP) is 6.00. The van der Waals surface area contributed by atoms with E-state index in [1.807, 2.05) is 60.7 Å². The van der Waals surface area contributed by atoms with Crippen molar-refractivity contribution in [2.24, 2.45) is 0 Å². The molecule has 1 aliphatic rings. The van der Waals surface area contributed by atoms with Crippen LogP contribution >= 0.6 is 34.2 Å². The number of rotatable bonds is 3. The van der Waals surface area contributed by atoms with Crippen molar-refractivity contribution in [2.45, 2.75) is 5.79 Å². The SMILES string of the molecule is Clc1ccc(C2(c3ccc4noc(-c5cccc(I)c5)c4c3)OCCO2)cc1. The van der Waals surface area contributed by atoms with Crippen LogP contribution in [0.15, 0.2) is 71.3 Å². The largest absolute Gasteiger partial charge is 0.355 e. The zero-order valence-corrected chi connectivity index (χ0v) is 17.6. The summed E-state index contributed by atoms with van der Waals surface area (Å²) in [5.41, 5.74) is 3.58. The third kappa shape index (κ3) is 3.03. The van der Waals surface area contributed by atoms with Crippen molar-refractivity contribution in [2.75, 3.05) is 13.2 Å². The van der Waals surface area contributed by atoms with Gasteiger partial charge in [0.1, 0.15) is 5.52 Å². The van der Waals surface area contributed by atoms with Gasteiger partial charge in [0.2, 0.25) is 5.79 Å². The van der Waals surface area contributed by atoms with Crippen LogP contribution in [0, 0.1) is 3.57 Å². The summed E-state index contributed by atoms with van der Waals surface area (Å²) in [6.07, 6.45) is 0. The van der Waals surface area contributed by atoms with Gasteiger partial charge in [-0.1, -0.05) is 47.1 Å². The second kappa shape index (κ2) is 7.15. The summed E-state index contributed by atoms with van der Waals surface area (Å²) >= 11 is 8.36. The minimum atomic E-state index is -0.960. The molecule has 0 radical (unpaired) electrons. The fourth-order valence-electron chi connectivity index (χ4n) is 3.57. The van der Waals surface area contributed by atoms with Crippen molar-refractivity contribution in [3.8, 4) is 11.3 Å². The molecule has 0 saturated carbocycles. The molecule has 5 rings (SSSR count). The van der Waals surface area contributed by atoms with E-state index in [0.717, 1.165) is 36.9 Å². The van der Waals surface area contributed by atoms with Crippen molar-refractivity contribution in [1.82, 2.24) is 5.16 Å². The Hall–Kier alpha value is -1.93. The molecule has 0 aliphatic carbocycles. The molecular weight excluding hydrogens is 489 g/mol. The van der Waals surface area contributed by atoms with Crippen molar-refractivity contribution in [3.05, 3.63) is 86.4 Å². The first kappa shape index (κ1) is 18.1. The van der Waals surface area contributed by atoms with Gasteiger partial charge in [-0.15, -0.1) is 0 Å². The molecule has 1 saturated heterocycles. The minimum absolute atomic E-state index is 0.522. The molecule has 140 valence electrons. The van der Waals surface area contributed by atoms with Gasteiger partial charge < -0.3 is 14.0 Å². The van der Waals surface area contributed by atoms with Gasteiger partial charge in [0.05, 0.1) is 18.6 Å². The third-order valence-corrected chi connectivity index (χ3v) is 5.78. The second-order valence-corrected chi connectivity index (χ2v) is 8.26. The number of aromatic nitrogens is 1. The Morgan fingerprint density at radius 3 is 2.39 bits per heavy atom. The van der Waals surface area contributed by atoms with Crippen LogP contribution in [0.4, 0.5) is 0 Å². The zero-order valence-electron chi connectivity index (χ0n) is 14.7. The summed E-state index contributed by atoms with van der Waals surface area (Å²) in [4.78, 5) is 0. The van der Waals surface area contributed by atoms with Gasteiger partial charge in [-0.25, -0.2) is 0 Å². The number of hydrogen-bond donors (Lipinski definition) is 0. The fraction of sp³-hybridized carbons (Fsp3) is 0.136. The topological polar surface area (TPSA) is 44.5 Å². The molecule has 1 aromatic heterocycles. The van der Waals surface area contributed by atoms with Crippen molar-refractivity contribution < 1.29 is 14.0 Å². The molecule has 3 aromatic carbocycles. The number of fused-ring (bicyclic) bond motifs is 1. The number of halogens is 2. The maximum atomic E-state index is 6.13. The average Bonchev–Trinajstić information content (AvgIpc) is 3.36. The summed E-state index contributed by atoms with van der Waals surface area (Å²) in [5.74, 6) is -0.224. The summed E-state index contributed by atoms with van der Waals surface area (Å²) in [5, 5.41) is 5.82. The highest BCUT2D eigenvalue weighted by atomic mass is 127. The number of benzene rings is 3. The highest BCUT2D eigenvalue weighted by Crippen LogP contribution is 2.41. The molecule has 28 heavy (non-hydrogen) atoms. The zero-order chi connectivity index (χ0) is 19.1. The fourth-order valence-corrected chi connectivity index (χ4v) is 4.24. The number of nitrogens with zero attached hydrogens (tertiary/aromatic N) is 1. The average molecular weight is 504 g/mol. The molecule has 0 N–H and O–H groups in total. The maximum absolute atomic E-state index is 6.13. The molecule has 6 heteroatoms. The molecular formula is C22H15ClINO3. The molecule has 4 aromatic rings. The van der Waals surface area contributed by atoms with Gasteiger partial charge >= 0.3 is 0 Å². The van der Waals surface area contributed by atoms with E-state index in [2.05, 4.69) is 33.8 Å². The Morgan fingerprint density at radius 1 is 0.893 bits per heavy atom. The van der Waals surface area contributed by atoms with Crippen LogP contribution in [0.5, 0.6) is 0 Å². The monoisotopic (exact) mass is 503 g/mol. The van der Waals surface area contributed by atoms with Gasteiger partial charge in [-0.3, -0.25) is 0 Å². The molecule has 1 aliphatic heterocycles. The van der Waals surface area contributed by atoms with Crippen molar-refractivity contribution in [1.29, 1.82) is 0 Å². The van der Waals surface area contributed by atoms with Crippen LogP contribution in [-0.4, -0.2) is 18.4 Å². The molecule has 0 amide bonds. The van der Waals surface area contributed by atoms with Crippen LogP contribution < -0.4 is 0 Å². The van der Waals surface area contributed by atoms with Gasteiger partial charge in [-0.2, -0.15) is 0 Å². The van der Waals surface area contributed by atoms with E-state index in [0.29, 0.717) is 18.2 Å². The Labute approximate surface area is 180 Å². The van der Waals surface area contributed by atoms with E-state index in [1.54, 1.807) is 0 Å². The van der Waals surface area contributed by atoms with Crippen molar-refractivity contribution in [3.63, 3.8) is 0 Å². The van der Waals surface area contributed by atoms with E-state index in [1.165, 1.54) is 0 Å². The summed E-state index contributed by atoms with van der Waals surface area (Å²) < 4.78 is 19.1. The molecule has 1 fully saturated rings. The lowest BCUT2D eigenvalue weighted by Crippen LogP contribution is -2.28. The first-order valence-electron chi connectivity index (χ1n) is 8.85. The van der Waals surface area contributed by atoms with Crippen molar-refractivity contribution >= 4 is 45.1 Å². The van der Waals surface area contributed by atoms with Gasteiger partial charge in [0.25, 0.3) is 0 Å². The molecule has 0 atom stereocenters. The Kier molecular flexibility index (Phi) is 4.63.